The summed E-state index contributed by atoms with van der Waals surface area (Å²) in [5, 5.41) is 6.82. The number of hydrogen-bond acceptors (Lipinski definition) is 3. The summed E-state index contributed by atoms with van der Waals surface area (Å²) in [6.07, 6.45) is 4.04. The Morgan fingerprint density at radius 1 is 1.27 bits per heavy atom. The van der Waals surface area contributed by atoms with Gasteiger partial charge in [-0.15, -0.1) is 12.4 Å². The lowest BCUT2D eigenvalue weighted by Gasteiger charge is -2.33. The Morgan fingerprint density at radius 2 is 2.00 bits per heavy atom. The van der Waals surface area contributed by atoms with Gasteiger partial charge in [0.15, 0.2) is 0 Å². The Morgan fingerprint density at radius 3 is 2.53 bits per heavy atom. The maximum Gasteiger partial charge on any atom is 0.00884 e. The van der Waals surface area contributed by atoms with Crippen LogP contribution in [-0.2, 0) is 0 Å². The molecule has 2 heterocycles. The van der Waals surface area contributed by atoms with Crippen molar-refractivity contribution in [2.24, 2.45) is 5.92 Å². The minimum Gasteiger partial charge on any atom is -0.317 e. The van der Waals surface area contributed by atoms with Crippen molar-refractivity contribution in [2.45, 2.75) is 25.3 Å². The molecule has 3 nitrogen and oxygen atoms in total. The molecule has 0 spiro atoms. The van der Waals surface area contributed by atoms with Crippen molar-refractivity contribution in [1.82, 2.24) is 15.5 Å². The molecule has 0 amide bonds. The fourth-order valence-electron chi connectivity index (χ4n) is 2.64. The molecule has 2 rings (SSSR count). The molecule has 2 aliphatic heterocycles. The first-order valence-corrected chi connectivity index (χ1v) is 5.99. The monoisotopic (exact) mass is 233 g/mol. The van der Waals surface area contributed by atoms with Crippen LogP contribution in [0.1, 0.15) is 19.3 Å². The molecule has 0 saturated carbocycles. The van der Waals surface area contributed by atoms with E-state index < -0.39 is 0 Å². The molecule has 90 valence electrons. The summed E-state index contributed by atoms with van der Waals surface area (Å²) in [5.74, 6) is 0.918. The number of nitrogens with zero attached hydrogens (tertiary/aromatic N) is 1. The molecular weight excluding hydrogens is 210 g/mol. The van der Waals surface area contributed by atoms with E-state index in [1.165, 1.54) is 52.0 Å². The molecule has 1 atom stereocenters. The van der Waals surface area contributed by atoms with E-state index in [1.54, 1.807) is 0 Å². The average Bonchev–Trinajstić information content (AvgIpc) is 2.72. The van der Waals surface area contributed by atoms with E-state index in [-0.39, 0.29) is 12.4 Å². The predicted octanol–water partition coefficient (Wildman–Crippen LogP) is 0.701. The van der Waals surface area contributed by atoms with Crippen LogP contribution >= 0.6 is 12.4 Å². The highest BCUT2D eigenvalue weighted by molar-refractivity contribution is 5.85. The molecule has 2 saturated heterocycles. The number of likely N-dealkylation sites (tertiary alicyclic amines) is 1. The fraction of sp³-hybridized carbons (Fsp3) is 1.00. The lowest BCUT2D eigenvalue weighted by atomic mass is 10.0. The van der Waals surface area contributed by atoms with E-state index in [9.17, 15) is 0 Å². The normalized spacial score (nSPS) is 29.0. The second-order valence-corrected chi connectivity index (χ2v) is 4.72. The van der Waals surface area contributed by atoms with Crippen LogP contribution in [0, 0.1) is 5.92 Å². The zero-order chi connectivity index (χ0) is 9.80. The molecular formula is C11H24ClN3. The lowest BCUT2D eigenvalue weighted by molar-refractivity contribution is 0.179. The van der Waals surface area contributed by atoms with E-state index in [0.29, 0.717) is 0 Å². The molecule has 0 bridgehead atoms. The molecule has 2 fully saturated rings. The summed E-state index contributed by atoms with van der Waals surface area (Å²) >= 11 is 0. The van der Waals surface area contributed by atoms with Gasteiger partial charge in [0.1, 0.15) is 0 Å². The van der Waals surface area contributed by atoms with Crippen LogP contribution in [0.25, 0.3) is 0 Å². The number of piperidine rings is 1. The SMILES string of the molecule is CNC1CCN(CC2CCNC2)CC1.Cl. The molecule has 2 N–H and O–H groups in total. The maximum absolute atomic E-state index is 3.44. The van der Waals surface area contributed by atoms with Gasteiger partial charge in [0, 0.05) is 12.6 Å². The fourth-order valence-corrected chi connectivity index (χ4v) is 2.64. The molecule has 0 aromatic heterocycles. The van der Waals surface area contributed by atoms with Gasteiger partial charge in [-0.05, 0) is 58.4 Å². The molecule has 15 heavy (non-hydrogen) atoms. The lowest BCUT2D eigenvalue weighted by Crippen LogP contribution is -2.43. The van der Waals surface area contributed by atoms with Gasteiger partial charge in [-0.25, -0.2) is 0 Å². The van der Waals surface area contributed by atoms with Crippen molar-refractivity contribution in [1.29, 1.82) is 0 Å². The zero-order valence-electron chi connectivity index (χ0n) is 9.67. The van der Waals surface area contributed by atoms with Crippen molar-refractivity contribution in [3.8, 4) is 0 Å². The molecule has 2 aliphatic rings. The summed E-state index contributed by atoms with van der Waals surface area (Å²) in [5.41, 5.74) is 0. The largest absolute Gasteiger partial charge is 0.317 e. The second-order valence-electron chi connectivity index (χ2n) is 4.72. The van der Waals surface area contributed by atoms with Crippen molar-refractivity contribution < 1.29 is 0 Å². The van der Waals surface area contributed by atoms with Gasteiger partial charge in [-0.3, -0.25) is 0 Å². The van der Waals surface area contributed by atoms with E-state index in [0.717, 1.165) is 12.0 Å². The quantitative estimate of drug-likeness (QED) is 0.752. The summed E-state index contributed by atoms with van der Waals surface area (Å²) in [7, 11) is 2.08. The Balaban J connectivity index is 0.00000112. The minimum atomic E-state index is 0. The van der Waals surface area contributed by atoms with Gasteiger partial charge in [0.05, 0.1) is 0 Å². The predicted molar refractivity (Wildman–Crippen MR) is 66.7 cm³/mol. The third-order valence-electron chi connectivity index (χ3n) is 3.67. The van der Waals surface area contributed by atoms with Crippen LogP contribution in [0.4, 0.5) is 0 Å². The smallest absolute Gasteiger partial charge is 0.00884 e. The van der Waals surface area contributed by atoms with Crippen LogP contribution in [-0.4, -0.2) is 50.7 Å². The highest BCUT2D eigenvalue weighted by atomic mass is 35.5. The molecule has 0 aromatic carbocycles. The second kappa shape index (κ2) is 6.69. The Hall–Kier alpha value is 0.170. The molecule has 0 aliphatic carbocycles. The van der Waals surface area contributed by atoms with Crippen LogP contribution in [0.5, 0.6) is 0 Å². The highest BCUT2D eigenvalue weighted by Crippen LogP contribution is 2.15. The van der Waals surface area contributed by atoms with Crippen molar-refractivity contribution >= 4 is 12.4 Å². The highest BCUT2D eigenvalue weighted by Gasteiger charge is 2.22. The number of halogens is 1. The van der Waals surface area contributed by atoms with E-state index in [1.807, 2.05) is 0 Å². The van der Waals surface area contributed by atoms with Crippen molar-refractivity contribution in [3.63, 3.8) is 0 Å². The number of rotatable bonds is 3. The van der Waals surface area contributed by atoms with Gasteiger partial charge in [0.2, 0.25) is 0 Å². The summed E-state index contributed by atoms with van der Waals surface area (Å²) in [6, 6.07) is 0.771. The molecule has 0 aromatic rings. The third-order valence-corrected chi connectivity index (χ3v) is 3.67. The first-order chi connectivity index (χ1) is 6.88. The van der Waals surface area contributed by atoms with E-state index in [2.05, 4.69) is 22.6 Å². The van der Waals surface area contributed by atoms with Gasteiger partial charge in [-0.1, -0.05) is 0 Å². The van der Waals surface area contributed by atoms with Crippen LogP contribution < -0.4 is 10.6 Å². The zero-order valence-corrected chi connectivity index (χ0v) is 10.5. The molecule has 4 heteroatoms. The Labute approximate surface area is 99.4 Å². The topological polar surface area (TPSA) is 27.3 Å². The standard InChI is InChI=1S/C11H23N3.ClH/c1-12-11-3-6-14(7-4-11)9-10-2-5-13-8-10;/h10-13H,2-9H2,1H3;1H. The van der Waals surface area contributed by atoms with Crippen molar-refractivity contribution in [2.75, 3.05) is 39.8 Å². The van der Waals surface area contributed by atoms with Crippen LogP contribution in [0.3, 0.4) is 0 Å². The van der Waals surface area contributed by atoms with Crippen LogP contribution in [0.2, 0.25) is 0 Å². The average molecular weight is 234 g/mol. The third kappa shape index (κ3) is 3.91. The van der Waals surface area contributed by atoms with Crippen LogP contribution in [0.15, 0.2) is 0 Å². The van der Waals surface area contributed by atoms with Crippen molar-refractivity contribution in [3.05, 3.63) is 0 Å². The minimum absolute atomic E-state index is 0. The van der Waals surface area contributed by atoms with E-state index in [4.69, 9.17) is 0 Å². The van der Waals surface area contributed by atoms with Gasteiger partial charge >= 0.3 is 0 Å². The first kappa shape index (κ1) is 13.2. The van der Waals surface area contributed by atoms with Gasteiger partial charge < -0.3 is 15.5 Å². The Kier molecular flexibility index (Phi) is 5.90. The summed E-state index contributed by atoms with van der Waals surface area (Å²) < 4.78 is 0. The first-order valence-electron chi connectivity index (χ1n) is 5.99. The van der Waals surface area contributed by atoms with E-state index >= 15 is 0 Å². The molecule has 0 radical (unpaired) electrons. The number of hydrogen-bond donors (Lipinski definition) is 2. The molecule has 1 unspecified atom stereocenters. The van der Waals surface area contributed by atoms with Gasteiger partial charge in [-0.2, -0.15) is 0 Å². The maximum atomic E-state index is 3.44. The Bertz CT molecular complexity index is 163. The summed E-state index contributed by atoms with van der Waals surface area (Å²) in [4.78, 5) is 2.64. The summed E-state index contributed by atoms with van der Waals surface area (Å²) in [6.45, 7) is 6.39. The van der Waals surface area contributed by atoms with Gasteiger partial charge in [0.25, 0.3) is 0 Å². The number of nitrogens with one attached hydrogen (secondary N) is 2.